The summed E-state index contributed by atoms with van der Waals surface area (Å²) in [7, 11) is 0. The summed E-state index contributed by atoms with van der Waals surface area (Å²) in [6.07, 6.45) is 0. The molecular weight excluding hydrogens is 243 g/mol. The third-order valence-electron chi connectivity index (χ3n) is 3.07. The number of hydrogen-bond donors (Lipinski definition) is 1. The maximum Gasteiger partial charge on any atom is 0.130 e. The van der Waals surface area contributed by atoms with Crippen LogP contribution in [0.5, 0.6) is 0 Å². The van der Waals surface area contributed by atoms with Crippen LogP contribution in [0.25, 0.3) is 16.7 Å². The van der Waals surface area contributed by atoms with Crippen LogP contribution in [0.4, 0.5) is 4.39 Å². The molecule has 0 saturated carbocycles. The lowest BCUT2D eigenvalue weighted by atomic mass is 10.1. The normalized spacial score (nSPS) is 12.8. The molecule has 4 nitrogen and oxygen atoms in total. The van der Waals surface area contributed by atoms with E-state index in [1.165, 1.54) is 6.07 Å². The Morgan fingerprint density at radius 3 is 2.74 bits per heavy atom. The van der Waals surface area contributed by atoms with Gasteiger partial charge in [0.05, 0.1) is 11.2 Å². The van der Waals surface area contributed by atoms with E-state index in [-0.39, 0.29) is 5.82 Å². The molecule has 19 heavy (non-hydrogen) atoms. The van der Waals surface area contributed by atoms with Crippen molar-refractivity contribution in [3.63, 3.8) is 0 Å². The van der Waals surface area contributed by atoms with Gasteiger partial charge in [-0.25, -0.2) is 9.07 Å². The Kier molecular flexibility index (Phi) is 2.76. The zero-order valence-corrected chi connectivity index (χ0v) is 10.4. The highest BCUT2D eigenvalue weighted by molar-refractivity contribution is 5.76. The summed E-state index contributed by atoms with van der Waals surface area (Å²) in [6.45, 7) is 1.75. The molecular formula is C14H13FN4. The van der Waals surface area contributed by atoms with E-state index >= 15 is 0 Å². The minimum absolute atomic E-state index is 0.327. The highest BCUT2D eigenvalue weighted by Gasteiger charge is 2.16. The number of fused-ring (bicyclic) bond motifs is 1. The number of nitrogens with two attached hydrogens (primary N) is 1. The van der Waals surface area contributed by atoms with Crippen molar-refractivity contribution in [2.75, 3.05) is 0 Å². The van der Waals surface area contributed by atoms with Gasteiger partial charge in [-0.15, -0.1) is 5.10 Å². The SMILES string of the molecule is C[C@H](N)c1c(F)cccc1-n1nnc2ccccc21. The Labute approximate surface area is 109 Å². The summed E-state index contributed by atoms with van der Waals surface area (Å²) in [4.78, 5) is 0. The second-order valence-corrected chi connectivity index (χ2v) is 4.45. The van der Waals surface area contributed by atoms with Gasteiger partial charge in [0.25, 0.3) is 0 Å². The van der Waals surface area contributed by atoms with E-state index in [2.05, 4.69) is 10.3 Å². The Balaban J connectivity index is 2.30. The molecule has 5 heteroatoms. The predicted octanol–water partition coefficient (Wildman–Crippen LogP) is 2.58. The Morgan fingerprint density at radius 1 is 1.16 bits per heavy atom. The first-order chi connectivity index (χ1) is 9.18. The second-order valence-electron chi connectivity index (χ2n) is 4.45. The predicted molar refractivity (Wildman–Crippen MR) is 71.4 cm³/mol. The van der Waals surface area contributed by atoms with Crippen LogP contribution in [0.2, 0.25) is 0 Å². The van der Waals surface area contributed by atoms with Gasteiger partial charge in [-0.2, -0.15) is 0 Å². The molecule has 2 N–H and O–H groups in total. The van der Waals surface area contributed by atoms with Crippen LogP contribution < -0.4 is 5.73 Å². The van der Waals surface area contributed by atoms with Crippen molar-refractivity contribution in [1.29, 1.82) is 0 Å². The average Bonchev–Trinajstić information content (AvgIpc) is 2.81. The molecule has 0 aliphatic carbocycles. The molecule has 0 bridgehead atoms. The summed E-state index contributed by atoms with van der Waals surface area (Å²) in [5.41, 5.74) is 8.53. The van der Waals surface area contributed by atoms with Gasteiger partial charge >= 0.3 is 0 Å². The van der Waals surface area contributed by atoms with Crippen molar-refractivity contribution < 1.29 is 4.39 Å². The van der Waals surface area contributed by atoms with Crippen molar-refractivity contribution >= 4 is 11.0 Å². The van der Waals surface area contributed by atoms with Crippen LogP contribution in [0.1, 0.15) is 18.5 Å². The fourth-order valence-electron chi connectivity index (χ4n) is 2.21. The monoisotopic (exact) mass is 256 g/mol. The fourth-order valence-corrected chi connectivity index (χ4v) is 2.21. The summed E-state index contributed by atoms with van der Waals surface area (Å²) in [5.74, 6) is -0.327. The second kappa shape index (κ2) is 4.44. The van der Waals surface area contributed by atoms with Gasteiger partial charge in [-0.1, -0.05) is 23.4 Å². The Hall–Kier alpha value is -2.27. The molecule has 1 heterocycles. The maximum atomic E-state index is 14.0. The molecule has 0 spiro atoms. The minimum atomic E-state index is -0.417. The number of benzene rings is 2. The molecule has 3 aromatic rings. The smallest absolute Gasteiger partial charge is 0.130 e. The van der Waals surface area contributed by atoms with E-state index in [0.717, 1.165) is 11.0 Å². The van der Waals surface area contributed by atoms with Gasteiger partial charge in [-0.05, 0) is 31.2 Å². The van der Waals surface area contributed by atoms with Gasteiger partial charge in [0.1, 0.15) is 11.3 Å². The van der Waals surface area contributed by atoms with Crippen LogP contribution >= 0.6 is 0 Å². The van der Waals surface area contributed by atoms with E-state index in [1.54, 1.807) is 23.7 Å². The molecule has 1 aromatic heterocycles. The Bertz CT molecular complexity index is 733. The molecule has 0 radical (unpaired) electrons. The van der Waals surface area contributed by atoms with Crippen LogP contribution in [-0.2, 0) is 0 Å². The van der Waals surface area contributed by atoms with E-state index in [1.807, 2.05) is 24.3 Å². The molecule has 2 aromatic carbocycles. The fraction of sp³-hybridized carbons (Fsp3) is 0.143. The topological polar surface area (TPSA) is 56.7 Å². The van der Waals surface area contributed by atoms with Gasteiger partial charge in [0, 0.05) is 11.6 Å². The first-order valence-electron chi connectivity index (χ1n) is 6.03. The van der Waals surface area contributed by atoms with E-state index in [4.69, 9.17) is 5.73 Å². The zero-order chi connectivity index (χ0) is 13.4. The minimum Gasteiger partial charge on any atom is -0.324 e. The Morgan fingerprint density at radius 2 is 1.95 bits per heavy atom. The summed E-state index contributed by atoms with van der Waals surface area (Å²) < 4.78 is 15.6. The lowest BCUT2D eigenvalue weighted by Gasteiger charge is -2.13. The first kappa shape index (κ1) is 11.8. The lowest BCUT2D eigenvalue weighted by Crippen LogP contribution is -2.13. The molecule has 0 amide bonds. The van der Waals surface area contributed by atoms with Crippen LogP contribution in [-0.4, -0.2) is 15.0 Å². The van der Waals surface area contributed by atoms with E-state index in [0.29, 0.717) is 11.3 Å². The molecule has 0 fully saturated rings. The molecule has 0 unspecified atom stereocenters. The van der Waals surface area contributed by atoms with Crippen LogP contribution in [0, 0.1) is 5.82 Å². The summed E-state index contributed by atoms with van der Waals surface area (Å²) in [5, 5.41) is 8.17. The third kappa shape index (κ3) is 1.88. The van der Waals surface area contributed by atoms with Gasteiger partial charge in [-0.3, -0.25) is 0 Å². The van der Waals surface area contributed by atoms with Crippen molar-refractivity contribution in [3.8, 4) is 5.69 Å². The van der Waals surface area contributed by atoms with Crippen LogP contribution in [0.3, 0.4) is 0 Å². The quantitative estimate of drug-likeness (QED) is 0.766. The van der Waals surface area contributed by atoms with Crippen molar-refractivity contribution in [3.05, 3.63) is 53.8 Å². The molecule has 0 saturated heterocycles. The maximum absolute atomic E-state index is 14.0. The molecule has 3 rings (SSSR count). The number of halogens is 1. The standard InChI is InChI=1S/C14H13FN4/c1-9(16)14-10(15)5-4-8-13(14)19-12-7-3-2-6-11(12)17-18-19/h2-9H,16H2,1H3/t9-/m0/s1. The van der Waals surface area contributed by atoms with Gasteiger partial charge < -0.3 is 5.73 Å². The van der Waals surface area contributed by atoms with Crippen molar-refractivity contribution in [2.45, 2.75) is 13.0 Å². The molecule has 96 valence electrons. The zero-order valence-electron chi connectivity index (χ0n) is 10.4. The van der Waals surface area contributed by atoms with Gasteiger partial charge in [0.15, 0.2) is 0 Å². The first-order valence-corrected chi connectivity index (χ1v) is 6.03. The van der Waals surface area contributed by atoms with Crippen LogP contribution in [0.15, 0.2) is 42.5 Å². The van der Waals surface area contributed by atoms with Crippen molar-refractivity contribution in [2.24, 2.45) is 5.73 Å². The molecule has 1 atom stereocenters. The highest BCUT2D eigenvalue weighted by atomic mass is 19.1. The third-order valence-corrected chi connectivity index (χ3v) is 3.07. The number of nitrogens with zero attached hydrogens (tertiary/aromatic N) is 3. The average molecular weight is 256 g/mol. The highest BCUT2D eigenvalue weighted by Crippen LogP contribution is 2.25. The lowest BCUT2D eigenvalue weighted by molar-refractivity contribution is 0.589. The number of rotatable bonds is 2. The number of aromatic nitrogens is 3. The number of hydrogen-bond acceptors (Lipinski definition) is 3. The summed E-state index contributed by atoms with van der Waals surface area (Å²) >= 11 is 0. The van der Waals surface area contributed by atoms with Crippen molar-refractivity contribution in [1.82, 2.24) is 15.0 Å². The number of para-hydroxylation sites is 1. The summed E-state index contributed by atoms with van der Waals surface area (Å²) in [6, 6.07) is 12.0. The molecule has 0 aliphatic heterocycles. The van der Waals surface area contributed by atoms with Gasteiger partial charge in [0.2, 0.25) is 0 Å². The molecule has 0 aliphatic rings. The van der Waals surface area contributed by atoms with E-state index < -0.39 is 6.04 Å². The largest absolute Gasteiger partial charge is 0.324 e. The van der Waals surface area contributed by atoms with E-state index in [9.17, 15) is 4.39 Å².